The second-order valence-corrected chi connectivity index (χ2v) is 7.05. The van der Waals surface area contributed by atoms with Crippen LogP contribution in [-0.4, -0.2) is 32.8 Å². The first-order valence-electron chi connectivity index (χ1n) is 9.03. The Morgan fingerprint density at radius 2 is 1.93 bits per heavy atom. The van der Waals surface area contributed by atoms with Crippen molar-refractivity contribution in [3.8, 4) is 5.69 Å². The molecule has 0 aliphatic heterocycles. The Morgan fingerprint density at radius 3 is 2.63 bits per heavy atom. The molecule has 2 heterocycles. The largest absolute Gasteiger partial charge is 0.348 e. The number of nitrogens with one attached hydrogen (secondary N) is 1. The third kappa shape index (κ3) is 2.98. The summed E-state index contributed by atoms with van der Waals surface area (Å²) in [5.74, 6) is -0.116. The lowest BCUT2D eigenvalue weighted by atomic mass is 10.1. The SMILES string of the molecule is Cc1ccc(-n2c3ccc(C(=O)N[C@H](C)CN)cc3c3cn(C)nc32)cc1. The van der Waals surface area contributed by atoms with Gasteiger partial charge in [-0.05, 0) is 44.2 Å². The number of carbonyl (C=O) groups excluding carboxylic acids is 1. The fourth-order valence-electron chi connectivity index (χ4n) is 3.36. The topological polar surface area (TPSA) is 77.9 Å². The Labute approximate surface area is 157 Å². The molecule has 2 aromatic carbocycles. The van der Waals surface area contributed by atoms with Crippen molar-refractivity contribution in [1.82, 2.24) is 19.7 Å². The van der Waals surface area contributed by atoms with Gasteiger partial charge in [0.1, 0.15) is 0 Å². The number of aromatic nitrogens is 3. The highest BCUT2D eigenvalue weighted by molar-refractivity contribution is 6.10. The molecule has 0 bridgehead atoms. The summed E-state index contributed by atoms with van der Waals surface area (Å²) in [7, 11) is 1.91. The third-order valence-corrected chi connectivity index (χ3v) is 4.83. The van der Waals surface area contributed by atoms with E-state index >= 15 is 0 Å². The number of hydrogen-bond donors (Lipinski definition) is 2. The molecule has 1 amide bonds. The van der Waals surface area contributed by atoms with Gasteiger partial charge in [-0.25, -0.2) is 0 Å². The molecule has 4 aromatic rings. The normalized spacial score (nSPS) is 12.6. The summed E-state index contributed by atoms with van der Waals surface area (Å²) in [5, 5.41) is 9.59. The van der Waals surface area contributed by atoms with Crippen molar-refractivity contribution in [2.45, 2.75) is 19.9 Å². The number of nitrogens with zero attached hydrogens (tertiary/aromatic N) is 3. The van der Waals surface area contributed by atoms with Crippen LogP contribution in [0.5, 0.6) is 0 Å². The van der Waals surface area contributed by atoms with E-state index in [2.05, 4.69) is 46.2 Å². The number of amides is 1. The number of carbonyl (C=O) groups is 1. The van der Waals surface area contributed by atoms with Crippen LogP contribution in [0.3, 0.4) is 0 Å². The predicted molar refractivity (Wildman–Crippen MR) is 108 cm³/mol. The van der Waals surface area contributed by atoms with E-state index in [0.717, 1.165) is 27.6 Å². The fraction of sp³-hybridized carbons (Fsp3) is 0.238. The zero-order valence-corrected chi connectivity index (χ0v) is 15.7. The minimum absolute atomic E-state index is 0.0660. The molecular formula is C21H23N5O. The van der Waals surface area contributed by atoms with Gasteiger partial charge in [0.25, 0.3) is 5.91 Å². The molecule has 0 spiro atoms. The van der Waals surface area contributed by atoms with Crippen molar-refractivity contribution in [2.75, 3.05) is 6.54 Å². The number of nitrogens with two attached hydrogens (primary N) is 1. The molecule has 0 aliphatic carbocycles. The molecule has 4 rings (SSSR count). The van der Waals surface area contributed by atoms with E-state index in [4.69, 9.17) is 5.73 Å². The van der Waals surface area contributed by atoms with Crippen molar-refractivity contribution in [3.63, 3.8) is 0 Å². The molecule has 0 saturated carbocycles. The maximum absolute atomic E-state index is 12.5. The Bertz CT molecular complexity index is 1140. The molecule has 3 N–H and O–H groups in total. The van der Waals surface area contributed by atoms with E-state index in [1.54, 1.807) is 4.68 Å². The van der Waals surface area contributed by atoms with Crippen LogP contribution >= 0.6 is 0 Å². The zero-order valence-electron chi connectivity index (χ0n) is 15.7. The van der Waals surface area contributed by atoms with Crippen LogP contribution in [0.1, 0.15) is 22.8 Å². The molecule has 1 atom stereocenters. The first-order chi connectivity index (χ1) is 13.0. The van der Waals surface area contributed by atoms with E-state index in [-0.39, 0.29) is 11.9 Å². The van der Waals surface area contributed by atoms with Crippen molar-refractivity contribution < 1.29 is 4.79 Å². The van der Waals surface area contributed by atoms with Gasteiger partial charge in [-0.2, -0.15) is 5.10 Å². The summed E-state index contributed by atoms with van der Waals surface area (Å²) >= 11 is 0. The molecule has 0 saturated heterocycles. The molecule has 0 aliphatic rings. The Hall–Kier alpha value is -3.12. The van der Waals surface area contributed by atoms with Crippen LogP contribution in [0, 0.1) is 6.92 Å². The molecule has 138 valence electrons. The quantitative estimate of drug-likeness (QED) is 0.587. The van der Waals surface area contributed by atoms with Gasteiger partial charge in [0, 0.05) is 47.9 Å². The van der Waals surface area contributed by atoms with Gasteiger partial charge in [-0.3, -0.25) is 14.0 Å². The lowest BCUT2D eigenvalue weighted by Crippen LogP contribution is -2.37. The summed E-state index contributed by atoms with van der Waals surface area (Å²) in [6.07, 6.45) is 1.99. The van der Waals surface area contributed by atoms with Crippen LogP contribution < -0.4 is 11.1 Å². The van der Waals surface area contributed by atoms with Gasteiger partial charge < -0.3 is 11.1 Å². The van der Waals surface area contributed by atoms with Gasteiger partial charge in [0.2, 0.25) is 0 Å². The van der Waals surface area contributed by atoms with Crippen LogP contribution in [0.25, 0.3) is 27.6 Å². The highest BCUT2D eigenvalue weighted by Gasteiger charge is 2.17. The van der Waals surface area contributed by atoms with Crippen LogP contribution in [0.2, 0.25) is 0 Å². The van der Waals surface area contributed by atoms with Crippen molar-refractivity contribution in [1.29, 1.82) is 0 Å². The van der Waals surface area contributed by atoms with E-state index in [0.29, 0.717) is 12.1 Å². The molecule has 0 unspecified atom stereocenters. The van der Waals surface area contributed by atoms with Gasteiger partial charge in [0.15, 0.2) is 5.65 Å². The lowest BCUT2D eigenvalue weighted by Gasteiger charge is -2.11. The Morgan fingerprint density at radius 1 is 1.19 bits per heavy atom. The van der Waals surface area contributed by atoms with E-state index < -0.39 is 0 Å². The van der Waals surface area contributed by atoms with E-state index in [1.165, 1.54) is 5.56 Å². The Balaban J connectivity index is 1.91. The summed E-state index contributed by atoms with van der Waals surface area (Å²) in [6, 6.07) is 14.1. The summed E-state index contributed by atoms with van der Waals surface area (Å²) in [6.45, 7) is 4.37. The maximum atomic E-state index is 12.5. The number of benzene rings is 2. The summed E-state index contributed by atoms with van der Waals surface area (Å²) in [5.41, 5.74) is 10.4. The smallest absolute Gasteiger partial charge is 0.251 e. The van der Waals surface area contributed by atoms with Crippen LogP contribution in [-0.2, 0) is 7.05 Å². The van der Waals surface area contributed by atoms with Crippen molar-refractivity contribution in [3.05, 3.63) is 59.8 Å². The standard InChI is InChI=1S/C21H23N5O/c1-13-4-7-16(8-5-13)26-19-9-6-15(21(27)23-14(2)11-22)10-17(19)18-12-25(3)24-20(18)26/h4-10,12,14H,11,22H2,1-3H3,(H,23,27)/t14-/m1/s1. The molecular weight excluding hydrogens is 338 g/mol. The second-order valence-electron chi connectivity index (χ2n) is 7.05. The second kappa shape index (κ2) is 6.55. The first-order valence-corrected chi connectivity index (χ1v) is 9.03. The van der Waals surface area contributed by atoms with Gasteiger partial charge in [-0.15, -0.1) is 0 Å². The van der Waals surface area contributed by atoms with Gasteiger partial charge in [-0.1, -0.05) is 17.7 Å². The average molecular weight is 361 g/mol. The fourth-order valence-corrected chi connectivity index (χ4v) is 3.36. The molecule has 2 aromatic heterocycles. The van der Waals surface area contributed by atoms with E-state index in [9.17, 15) is 4.79 Å². The summed E-state index contributed by atoms with van der Waals surface area (Å²) in [4.78, 5) is 12.5. The van der Waals surface area contributed by atoms with Gasteiger partial charge >= 0.3 is 0 Å². The van der Waals surface area contributed by atoms with Crippen LogP contribution in [0.4, 0.5) is 0 Å². The van der Waals surface area contributed by atoms with E-state index in [1.807, 2.05) is 38.4 Å². The maximum Gasteiger partial charge on any atom is 0.251 e. The number of rotatable bonds is 4. The van der Waals surface area contributed by atoms with Crippen molar-refractivity contribution >= 4 is 27.8 Å². The molecule has 6 nitrogen and oxygen atoms in total. The van der Waals surface area contributed by atoms with Crippen LogP contribution in [0.15, 0.2) is 48.7 Å². The lowest BCUT2D eigenvalue weighted by molar-refractivity contribution is 0.0941. The highest BCUT2D eigenvalue weighted by Crippen LogP contribution is 2.32. The van der Waals surface area contributed by atoms with Crippen molar-refractivity contribution in [2.24, 2.45) is 12.8 Å². The first kappa shape index (κ1) is 17.3. The highest BCUT2D eigenvalue weighted by atomic mass is 16.1. The molecule has 0 fully saturated rings. The monoisotopic (exact) mass is 361 g/mol. The molecule has 6 heteroatoms. The number of fused-ring (bicyclic) bond motifs is 3. The van der Waals surface area contributed by atoms with Gasteiger partial charge in [0.05, 0.1) is 5.52 Å². The average Bonchev–Trinajstić information content (AvgIpc) is 3.17. The Kier molecular flexibility index (Phi) is 4.20. The number of hydrogen-bond acceptors (Lipinski definition) is 3. The zero-order chi connectivity index (χ0) is 19.1. The molecule has 0 radical (unpaired) electrons. The number of aryl methyl sites for hydroxylation is 2. The summed E-state index contributed by atoms with van der Waals surface area (Å²) < 4.78 is 3.94. The molecule has 27 heavy (non-hydrogen) atoms. The predicted octanol–water partition coefficient (Wildman–Crippen LogP) is 2.90. The minimum Gasteiger partial charge on any atom is -0.348 e. The third-order valence-electron chi connectivity index (χ3n) is 4.83. The minimum atomic E-state index is -0.116.